The lowest BCUT2D eigenvalue weighted by Crippen LogP contribution is -2.39. The minimum Gasteiger partial charge on any atom is -0.396 e. The molecule has 1 aromatic heterocycles. The van der Waals surface area contributed by atoms with Crippen LogP contribution in [0.25, 0.3) is 0 Å². The molecule has 0 spiro atoms. The molecule has 0 bridgehead atoms. The third-order valence-corrected chi connectivity index (χ3v) is 3.84. The predicted molar refractivity (Wildman–Crippen MR) is 71.1 cm³/mol. The first-order valence-corrected chi connectivity index (χ1v) is 6.66. The van der Waals surface area contributed by atoms with Crippen molar-refractivity contribution in [3.63, 3.8) is 0 Å². The maximum Gasteiger partial charge on any atom is 0.0532 e. The van der Waals surface area contributed by atoms with Crippen LogP contribution in [0.15, 0.2) is 12.4 Å². The summed E-state index contributed by atoms with van der Waals surface area (Å²) < 4.78 is 0. The standard InChI is InChI=1S/C13H24N4O/c1-16(2)13-4-3-11(10-18)7-17(9-13)8-12-5-14-15-6-12/h5-6,11,13,18H,3-4,7-10H2,1-2H3,(H,14,15)/t11-,13+/m0/s1. The van der Waals surface area contributed by atoms with Gasteiger partial charge < -0.3 is 10.0 Å². The van der Waals surface area contributed by atoms with Gasteiger partial charge >= 0.3 is 0 Å². The first-order valence-electron chi connectivity index (χ1n) is 6.66. The number of nitrogens with zero attached hydrogens (tertiary/aromatic N) is 3. The Morgan fingerprint density at radius 2 is 2.28 bits per heavy atom. The van der Waals surface area contributed by atoms with Crippen LogP contribution in [-0.4, -0.2) is 64.9 Å². The van der Waals surface area contributed by atoms with Gasteiger partial charge in [-0.15, -0.1) is 0 Å². The molecule has 102 valence electrons. The lowest BCUT2D eigenvalue weighted by molar-refractivity contribution is 0.158. The van der Waals surface area contributed by atoms with Crippen LogP contribution in [0, 0.1) is 5.92 Å². The molecular formula is C13H24N4O. The second-order valence-corrected chi connectivity index (χ2v) is 5.54. The van der Waals surface area contributed by atoms with E-state index in [1.54, 1.807) is 0 Å². The van der Waals surface area contributed by atoms with Crippen LogP contribution in [0.3, 0.4) is 0 Å². The summed E-state index contributed by atoms with van der Waals surface area (Å²) in [4.78, 5) is 4.73. The highest BCUT2D eigenvalue weighted by Crippen LogP contribution is 2.20. The number of hydrogen-bond acceptors (Lipinski definition) is 4. The zero-order valence-electron chi connectivity index (χ0n) is 11.3. The van der Waals surface area contributed by atoms with Crippen LogP contribution in [0.1, 0.15) is 18.4 Å². The van der Waals surface area contributed by atoms with Crippen molar-refractivity contribution in [1.82, 2.24) is 20.0 Å². The van der Waals surface area contributed by atoms with Gasteiger partial charge in [-0.25, -0.2) is 0 Å². The largest absolute Gasteiger partial charge is 0.396 e. The topological polar surface area (TPSA) is 55.4 Å². The number of aromatic nitrogens is 2. The molecule has 1 aliphatic rings. The van der Waals surface area contributed by atoms with E-state index in [0.29, 0.717) is 18.6 Å². The van der Waals surface area contributed by atoms with Gasteiger partial charge in [0, 0.05) is 44.0 Å². The van der Waals surface area contributed by atoms with Gasteiger partial charge in [0.25, 0.3) is 0 Å². The Kier molecular flexibility index (Phi) is 4.74. The van der Waals surface area contributed by atoms with Crippen LogP contribution < -0.4 is 0 Å². The van der Waals surface area contributed by atoms with Gasteiger partial charge in [-0.1, -0.05) is 0 Å². The van der Waals surface area contributed by atoms with Crippen LogP contribution in [0.5, 0.6) is 0 Å². The fourth-order valence-corrected chi connectivity index (χ4v) is 2.67. The number of aliphatic hydroxyl groups excluding tert-OH is 1. The molecular weight excluding hydrogens is 228 g/mol. The van der Waals surface area contributed by atoms with Crippen LogP contribution >= 0.6 is 0 Å². The molecule has 0 radical (unpaired) electrons. The van der Waals surface area contributed by atoms with Gasteiger partial charge in [0.05, 0.1) is 6.20 Å². The van der Waals surface area contributed by atoms with Crippen molar-refractivity contribution in [3.05, 3.63) is 18.0 Å². The molecule has 2 atom stereocenters. The number of likely N-dealkylation sites (N-methyl/N-ethyl adjacent to an activating group) is 1. The first-order chi connectivity index (χ1) is 8.69. The zero-order chi connectivity index (χ0) is 13.0. The summed E-state index contributed by atoms with van der Waals surface area (Å²) in [6.45, 7) is 3.25. The fourth-order valence-electron chi connectivity index (χ4n) is 2.67. The molecule has 2 rings (SSSR count). The minimum atomic E-state index is 0.294. The van der Waals surface area contributed by atoms with E-state index < -0.39 is 0 Å². The summed E-state index contributed by atoms with van der Waals surface area (Å²) in [5, 5.41) is 16.3. The number of H-pyrrole nitrogens is 1. The lowest BCUT2D eigenvalue weighted by Gasteiger charge is -2.28. The Morgan fingerprint density at radius 1 is 1.44 bits per heavy atom. The molecule has 0 aromatic carbocycles. The highest BCUT2D eigenvalue weighted by atomic mass is 16.3. The van der Waals surface area contributed by atoms with Crippen LogP contribution in [0.4, 0.5) is 0 Å². The molecule has 2 N–H and O–H groups in total. The molecule has 5 nitrogen and oxygen atoms in total. The molecule has 0 saturated carbocycles. The molecule has 1 saturated heterocycles. The summed E-state index contributed by atoms with van der Waals surface area (Å²) >= 11 is 0. The van der Waals surface area contributed by atoms with E-state index in [1.807, 2.05) is 12.4 Å². The Labute approximate surface area is 109 Å². The third-order valence-electron chi connectivity index (χ3n) is 3.84. The molecule has 2 heterocycles. The molecule has 1 fully saturated rings. The van der Waals surface area contributed by atoms with Crippen molar-refractivity contribution in [2.45, 2.75) is 25.4 Å². The predicted octanol–water partition coefficient (Wildman–Crippen LogP) is 0.544. The SMILES string of the molecule is CN(C)[C@@H]1CC[C@H](CO)CN(Cc2cn[nH]c2)C1. The first kappa shape index (κ1) is 13.5. The van der Waals surface area contributed by atoms with Gasteiger partial charge in [-0.2, -0.15) is 5.10 Å². The third kappa shape index (κ3) is 3.54. The average Bonchev–Trinajstić information content (AvgIpc) is 2.75. The molecule has 0 unspecified atom stereocenters. The fraction of sp³-hybridized carbons (Fsp3) is 0.769. The number of aromatic amines is 1. The van der Waals surface area contributed by atoms with E-state index in [9.17, 15) is 5.11 Å². The second-order valence-electron chi connectivity index (χ2n) is 5.54. The van der Waals surface area contributed by atoms with Crippen LogP contribution in [-0.2, 0) is 6.54 Å². The molecule has 5 heteroatoms. The number of nitrogens with one attached hydrogen (secondary N) is 1. The Balaban J connectivity index is 2.00. The van der Waals surface area contributed by atoms with Crippen LogP contribution in [0.2, 0.25) is 0 Å². The molecule has 1 aliphatic heterocycles. The summed E-state index contributed by atoms with van der Waals surface area (Å²) in [5.74, 6) is 0.404. The van der Waals surface area contributed by atoms with Crippen molar-refractivity contribution in [2.75, 3.05) is 33.8 Å². The summed E-state index contributed by atoms with van der Waals surface area (Å²) in [5.41, 5.74) is 1.21. The summed E-state index contributed by atoms with van der Waals surface area (Å²) in [6.07, 6.45) is 6.11. The van der Waals surface area contributed by atoms with E-state index in [-0.39, 0.29) is 0 Å². The Hall–Kier alpha value is -0.910. The summed E-state index contributed by atoms with van der Waals surface area (Å²) in [6, 6.07) is 0.577. The number of hydrogen-bond donors (Lipinski definition) is 2. The van der Waals surface area contributed by atoms with Crippen molar-refractivity contribution >= 4 is 0 Å². The Morgan fingerprint density at radius 3 is 2.89 bits per heavy atom. The minimum absolute atomic E-state index is 0.294. The van der Waals surface area contributed by atoms with Gasteiger partial charge in [0.1, 0.15) is 0 Å². The molecule has 0 aliphatic carbocycles. The average molecular weight is 252 g/mol. The maximum absolute atomic E-state index is 9.43. The molecule has 0 amide bonds. The molecule has 1 aromatic rings. The quantitative estimate of drug-likeness (QED) is 0.821. The van der Waals surface area contributed by atoms with Crippen molar-refractivity contribution in [2.24, 2.45) is 5.92 Å². The Bertz CT molecular complexity index is 339. The maximum atomic E-state index is 9.43. The van der Waals surface area contributed by atoms with E-state index in [4.69, 9.17) is 0 Å². The zero-order valence-corrected chi connectivity index (χ0v) is 11.3. The molecule has 18 heavy (non-hydrogen) atoms. The van der Waals surface area contributed by atoms with E-state index >= 15 is 0 Å². The lowest BCUT2D eigenvalue weighted by atomic mass is 10.0. The van der Waals surface area contributed by atoms with Gasteiger partial charge in [-0.05, 0) is 32.9 Å². The summed E-state index contributed by atoms with van der Waals surface area (Å²) in [7, 11) is 4.28. The smallest absolute Gasteiger partial charge is 0.0532 e. The number of likely N-dealkylation sites (tertiary alicyclic amines) is 1. The van der Waals surface area contributed by atoms with Gasteiger partial charge in [0.2, 0.25) is 0 Å². The van der Waals surface area contributed by atoms with E-state index in [0.717, 1.165) is 26.1 Å². The van der Waals surface area contributed by atoms with E-state index in [2.05, 4.69) is 34.1 Å². The number of aliphatic hydroxyl groups is 1. The van der Waals surface area contributed by atoms with Crippen molar-refractivity contribution in [3.8, 4) is 0 Å². The van der Waals surface area contributed by atoms with Crippen molar-refractivity contribution in [1.29, 1.82) is 0 Å². The normalized spacial score (nSPS) is 26.4. The number of rotatable bonds is 4. The second kappa shape index (κ2) is 6.31. The van der Waals surface area contributed by atoms with Crippen molar-refractivity contribution < 1.29 is 5.11 Å². The highest BCUT2D eigenvalue weighted by molar-refractivity contribution is 5.02. The van der Waals surface area contributed by atoms with Gasteiger partial charge in [0.15, 0.2) is 0 Å². The van der Waals surface area contributed by atoms with E-state index in [1.165, 1.54) is 12.0 Å². The highest BCUT2D eigenvalue weighted by Gasteiger charge is 2.24. The monoisotopic (exact) mass is 252 g/mol. The van der Waals surface area contributed by atoms with Gasteiger partial charge in [-0.3, -0.25) is 10.00 Å².